The maximum atomic E-state index is 4.21. The molecular weight excluding hydrogens is 330 g/mol. The van der Waals surface area contributed by atoms with Gasteiger partial charge in [0, 0.05) is 25.0 Å². The van der Waals surface area contributed by atoms with E-state index in [9.17, 15) is 0 Å². The van der Waals surface area contributed by atoms with Crippen LogP contribution in [0.3, 0.4) is 0 Å². The molecule has 3 heteroatoms. The highest BCUT2D eigenvalue weighted by Crippen LogP contribution is 2.16. The number of hydrazine groups is 1. The van der Waals surface area contributed by atoms with E-state index in [2.05, 4.69) is 67.3 Å². The number of hydrogen-bond acceptors (Lipinski definition) is 3. The first kappa shape index (κ1) is 22.4. The van der Waals surface area contributed by atoms with Crippen molar-refractivity contribution >= 4 is 5.69 Å². The standard InChI is InChI=1S/C24H35N3/c1-6-13-22(5)18-19-26(24-16-11-10-12-17-24)20-21-27(9-4)25-23(14-7-2)15-8-3/h7-12,14-17,25H,2,4-6,13,18-21H2,1,3H3/b15-8-,23-14+. The van der Waals surface area contributed by atoms with Crippen LogP contribution in [-0.4, -0.2) is 24.6 Å². The molecule has 27 heavy (non-hydrogen) atoms. The lowest BCUT2D eigenvalue weighted by Gasteiger charge is -2.29. The summed E-state index contributed by atoms with van der Waals surface area (Å²) in [5, 5.41) is 2.01. The third-order valence-electron chi connectivity index (χ3n) is 4.21. The van der Waals surface area contributed by atoms with Crippen LogP contribution in [0.2, 0.25) is 0 Å². The Morgan fingerprint density at radius 1 is 1.07 bits per heavy atom. The van der Waals surface area contributed by atoms with E-state index in [1.807, 2.05) is 36.4 Å². The smallest absolute Gasteiger partial charge is 0.0562 e. The van der Waals surface area contributed by atoms with Gasteiger partial charge in [-0.05, 0) is 44.1 Å². The number of para-hydroxylation sites is 1. The lowest BCUT2D eigenvalue weighted by Crippen LogP contribution is -2.39. The molecule has 0 aromatic heterocycles. The Kier molecular flexibility index (Phi) is 11.2. The fourth-order valence-electron chi connectivity index (χ4n) is 2.80. The van der Waals surface area contributed by atoms with E-state index < -0.39 is 0 Å². The van der Waals surface area contributed by atoms with Gasteiger partial charge in [0.1, 0.15) is 0 Å². The lowest BCUT2D eigenvalue weighted by atomic mass is 10.1. The van der Waals surface area contributed by atoms with Gasteiger partial charge in [-0.25, -0.2) is 0 Å². The molecule has 0 atom stereocenters. The number of hydrogen-bond donors (Lipinski definition) is 1. The average molecular weight is 366 g/mol. The Balaban J connectivity index is 2.75. The Hall–Kier alpha value is -2.68. The predicted molar refractivity (Wildman–Crippen MR) is 120 cm³/mol. The fraction of sp³-hybridized carbons (Fsp3) is 0.333. The fourth-order valence-corrected chi connectivity index (χ4v) is 2.80. The summed E-state index contributed by atoms with van der Waals surface area (Å²) in [6, 6.07) is 10.6. The topological polar surface area (TPSA) is 18.5 Å². The molecule has 0 heterocycles. The van der Waals surface area contributed by atoms with Crippen LogP contribution >= 0.6 is 0 Å². The van der Waals surface area contributed by atoms with Gasteiger partial charge >= 0.3 is 0 Å². The molecule has 0 aliphatic carbocycles. The molecule has 3 nitrogen and oxygen atoms in total. The molecule has 0 bridgehead atoms. The monoisotopic (exact) mass is 365 g/mol. The lowest BCUT2D eigenvalue weighted by molar-refractivity contribution is 0.313. The van der Waals surface area contributed by atoms with E-state index in [1.165, 1.54) is 11.3 Å². The van der Waals surface area contributed by atoms with Gasteiger partial charge in [0.25, 0.3) is 0 Å². The largest absolute Gasteiger partial charge is 0.369 e. The highest BCUT2D eigenvalue weighted by molar-refractivity contribution is 5.46. The molecule has 1 aromatic rings. The minimum Gasteiger partial charge on any atom is -0.369 e. The van der Waals surface area contributed by atoms with Crippen molar-refractivity contribution in [3.05, 3.63) is 91.8 Å². The second kappa shape index (κ2) is 13.5. The first-order valence-electron chi connectivity index (χ1n) is 9.72. The van der Waals surface area contributed by atoms with Gasteiger partial charge in [-0.3, -0.25) is 10.4 Å². The summed E-state index contributed by atoms with van der Waals surface area (Å²) < 4.78 is 0. The predicted octanol–water partition coefficient (Wildman–Crippen LogP) is 5.84. The second-order valence-corrected chi connectivity index (χ2v) is 6.42. The van der Waals surface area contributed by atoms with Crippen molar-refractivity contribution in [3.63, 3.8) is 0 Å². The molecule has 0 saturated heterocycles. The molecule has 0 aliphatic rings. The van der Waals surface area contributed by atoms with E-state index in [0.29, 0.717) is 0 Å². The Bertz CT molecular complexity index is 628. The molecule has 1 rings (SSSR count). The summed E-state index contributed by atoms with van der Waals surface area (Å²) >= 11 is 0. The Morgan fingerprint density at radius 3 is 2.41 bits per heavy atom. The van der Waals surface area contributed by atoms with E-state index in [4.69, 9.17) is 0 Å². The quantitative estimate of drug-likeness (QED) is 0.254. The van der Waals surface area contributed by atoms with Crippen LogP contribution in [0.1, 0.15) is 33.1 Å². The number of benzene rings is 1. The summed E-state index contributed by atoms with van der Waals surface area (Å²) in [5.41, 5.74) is 6.91. The van der Waals surface area contributed by atoms with Gasteiger partial charge in [0.05, 0.1) is 12.2 Å². The highest BCUT2D eigenvalue weighted by Gasteiger charge is 2.09. The van der Waals surface area contributed by atoms with Crippen LogP contribution in [0.5, 0.6) is 0 Å². The van der Waals surface area contributed by atoms with E-state index in [-0.39, 0.29) is 0 Å². The molecule has 0 unspecified atom stereocenters. The summed E-state index contributed by atoms with van der Waals surface area (Å²) in [4.78, 5) is 2.41. The number of anilines is 1. The van der Waals surface area contributed by atoms with Crippen LogP contribution in [0.15, 0.2) is 91.8 Å². The summed E-state index contributed by atoms with van der Waals surface area (Å²) in [6.07, 6.45) is 12.8. The van der Waals surface area contributed by atoms with Gasteiger partial charge in [-0.2, -0.15) is 0 Å². The second-order valence-electron chi connectivity index (χ2n) is 6.42. The molecule has 0 fully saturated rings. The van der Waals surface area contributed by atoms with Crippen molar-refractivity contribution in [1.82, 2.24) is 10.4 Å². The molecule has 1 aromatic carbocycles. The maximum Gasteiger partial charge on any atom is 0.0562 e. The van der Waals surface area contributed by atoms with E-state index in [1.54, 1.807) is 6.08 Å². The minimum absolute atomic E-state index is 0.810. The molecule has 0 radical (unpaired) electrons. The van der Waals surface area contributed by atoms with E-state index in [0.717, 1.165) is 44.6 Å². The zero-order valence-electron chi connectivity index (χ0n) is 17.0. The Labute approximate surface area is 166 Å². The third-order valence-corrected chi connectivity index (χ3v) is 4.21. The van der Waals surface area contributed by atoms with E-state index >= 15 is 0 Å². The van der Waals surface area contributed by atoms with Crippen LogP contribution in [0.25, 0.3) is 0 Å². The first-order valence-corrected chi connectivity index (χ1v) is 9.72. The van der Waals surface area contributed by atoms with Crippen molar-refractivity contribution in [2.75, 3.05) is 24.5 Å². The SMILES string of the molecule is C=C/C=C(\C=C/C)NN(C=C)CCN(CCC(=C)CCC)c1ccccc1. The van der Waals surface area contributed by atoms with Gasteiger partial charge in [-0.1, -0.05) is 69.0 Å². The number of allylic oxidation sites excluding steroid dienone is 4. The van der Waals surface area contributed by atoms with Gasteiger partial charge in [0.2, 0.25) is 0 Å². The molecule has 0 aliphatic heterocycles. The first-order chi connectivity index (χ1) is 13.1. The van der Waals surface area contributed by atoms with Gasteiger partial charge in [-0.15, -0.1) is 0 Å². The maximum absolute atomic E-state index is 4.21. The van der Waals surface area contributed by atoms with Crippen molar-refractivity contribution in [2.45, 2.75) is 33.1 Å². The van der Waals surface area contributed by atoms with Crippen LogP contribution in [-0.2, 0) is 0 Å². The Morgan fingerprint density at radius 2 is 1.81 bits per heavy atom. The van der Waals surface area contributed by atoms with Crippen LogP contribution in [0, 0.1) is 0 Å². The highest BCUT2D eigenvalue weighted by atomic mass is 15.5. The average Bonchev–Trinajstić information content (AvgIpc) is 2.68. The van der Waals surface area contributed by atoms with Crippen molar-refractivity contribution in [2.24, 2.45) is 0 Å². The van der Waals surface area contributed by atoms with Crippen molar-refractivity contribution < 1.29 is 0 Å². The van der Waals surface area contributed by atoms with Crippen LogP contribution in [0.4, 0.5) is 5.69 Å². The molecule has 0 amide bonds. The zero-order chi connectivity index (χ0) is 19.9. The number of rotatable bonds is 14. The van der Waals surface area contributed by atoms with Gasteiger partial charge < -0.3 is 4.90 Å². The number of nitrogens with one attached hydrogen (secondary N) is 1. The van der Waals surface area contributed by atoms with Crippen molar-refractivity contribution in [1.29, 1.82) is 0 Å². The molecule has 1 N–H and O–H groups in total. The summed E-state index contributed by atoms with van der Waals surface area (Å²) in [6.45, 7) is 18.8. The molecular formula is C24H35N3. The summed E-state index contributed by atoms with van der Waals surface area (Å²) in [7, 11) is 0. The molecule has 0 spiro atoms. The minimum atomic E-state index is 0.810. The molecule has 0 saturated carbocycles. The zero-order valence-corrected chi connectivity index (χ0v) is 17.0. The van der Waals surface area contributed by atoms with Gasteiger partial charge in [0.15, 0.2) is 0 Å². The normalized spacial score (nSPS) is 11.3. The number of nitrogens with zero attached hydrogens (tertiary/aromatic N) is 2. The third kappa shape index (κ3) is 9.00. The molecule has 146 valence electrons. The van der Waals surface area contributed by atoms with Crippen molar-refractivity contribution in [3.8, 4) is 0 Å². The summed E-state index contributed by atoms with van der Waals surface area (Å²) in [5.74, 6) is 0. The van der Waals surface area contributed by atoms with Crippen LogP contribution < -0.4 is 10.3 Å².